The predicted molar refractivity (Wildman–Crippen MR) is 99.1 cm³/mol. The molecule has 0 radical (unpaired) electrons. The van der Waals surface area contributed by atoms with Crippen LogP contribution in [0.25, 0.3) is 0 Å². The van der Waals surface area contributed by atoms with Crippen molar-refractivity contribution < 1.29 is 19.1 Å². The van der Waals surface area contributed by atoms with E-state index < -0.39 is 18.4 Å². The highest BCUT2D eigenvalue weighted by Gasteiger charge is 2.26. The molecule has 7 heteroatoms. The Kier molecular flexibility index (Phi) is 5.59. The third-order valence-electron chi connectivity index (χ3n) is 4.05. The predicted octanol–water partition coefficient (Wildman–Crippen LogP) is 4.16. The highest BCUT2D eigenvalue weighted by Crippen LogP contribution is 2.26. The van der Waals surface area contributed by atoms with Crippen LogP contribution in [-0.2, 0) is 9.53 Å². The van der Waals surface area contributed by atoms with Gasteiger partial charge in [-0.25, -0.2) is 4.79 Å². The average molecular weight is 392 g/mol. The maximum atomic E-state index is 12.4. The molecule has 0 atom stereocenters. The molecule has 0 aliphatic carbocycles. The van der Waals surface area contributed by atoms with Crippen molar-refractivity contribution in [2.45, 2.75) is 12.8 Å². The summed E-state index contributed by atoms with van der Waals surface area (Å²) >= 11 is 11.8. The number of nitrogens with zero attached hydrogens (tertiary/aromatic N) is 1. The van der Waals surface area contributed by atoms with E-state index in [1.54, 1.807) is 29.2 Å². The number of rotatable bonds is 5. The number of ketones is 1. The number of benzene rings is 2. The Morgan fingerprint density at radius 1 is 1.08 bits per heavy atom. The molecule has 1 heterocycles. The number of hydrogen-bond acceptors (Lipinski definition) is 4. The number of Topliss-reactive ketones (excluding diaryl/α,β-unsaturated/α-hetero) is 1. The molecule has 3 rings (SSSR count). The molecule has 1 aliphatic heterocycles. The van der Waals surface area contributed by atoms with Crippen molar-refractivity contribution in [3.05, 3.63) is 63.6 Å². The normalized spacial score (nSPS) is 13.8. The second kappa shape index (κ2) is 7.89. The molecule has 0 spiro atoms. The van der Waals surface area contributed by atoms with Gasteiger partial charge in [-0.2, -0.15) is 0 Å². The minimum atomic E-state index is -0.668. The first-order valence-corrected chi connectivity index (χ1v) is 8.77. The first-order valence-electron chi connectivity index (χ1n) is 8.02. The van der Waals surface area contributed by atoms with Crippen molar-refractivity contribution in [2.75, 3.05) is 18.1 Å². The van der Waals surface area contributed by atoms with Gasteiger partial charge in [0.15, 0.2) is 6.61 Å². The molecule has 134 valence electrons. The Labute approximate surface area is 160 Å². The summed E-state index contributed by atoms with van der Waals surface area (Å²) in [6.07, 6.45) is 1.20. The van der Waals surface area contributed by atoms with E-state index in [9.17, 15) is 14.4 Å². The molecular weight excluding hydrogens is 377 g/mol. The summed E-state index contributed by atoms with van der Waals surface area (Å²) in [7, 11) is 0. The minimum Gasteiger partial charge on any atom is -0.454 e. The zero-order valence-electron chi connectivity index (χ0n) is 13.7. The average Bonchev–Trinajstić information content (AvgIpc) is 3.05. The molecule has 0 saturated carbocycles. The minimum absolute atomic E-state index is 0.0331. The second-order valence-electron chi connectivity index (χ2n) is 5.79. The van der Waals surface area contributed by atoms with Gasteiger partial charge in [-0.05, 0) is 36.8 Å². The topological polar surface area (TPSA) is 63.7 Å². The molecule has 0 N–H and O–H groups in total. The number of halogens is 2. The lowest BCUT2D eigenvalue weighted by atomic mass is 10.1. The van der Waals surface area contributed by atoms with Crippen molar-refractivity contribution in [1.29, 1.82) is 0 Å². The monoisotopic (exact) mass is 391 g/mol. The number of amides is 1. The molecule has 0 bridgehead atoms. The van der Waals surface area contributed by atoms with E-state index >= 15 is 0 Å². The first-order chi connectivity index (χ1) is 12.5. The van der Waals surface area contributed by atoms with Crippen LogP contribution in [0.3, 0.4) is 0 Å². The lowest BCUT2D eigenvalue weighted by Crippen LogP contribution is -2.26. The number of ether oxygens (including phenoxy) is 1. The zero-order valence-corrected chi connectivity index (χ0v) is 15.2. The summed E-state index contributed by atoms with van der Waals surface area (Å²) in [6.45, 7) is 0.102. The zero-order chi connectivity index (χ0) is 18.7. The van der Waals surface area contributed by atoms with Gasteiger partial charge in [-0.15, -0.1) is 0 Å². The standard InChI is InChI=1S/C19H15Cl2NO4/c20-12-7-8-13(15(21)10-12)17(23)11-26-19(25)14-4-1-2-5-16(14)22-9-3-6-18(22)24/h1-2,4-5,7-8,10H,3,6,9,11H2. The smallest absolute Gasteiger partial charge is 0.340 e. The van der Waals surface area contributed by atoms with Crippen LogP contribution < -0.4 is 4.90 Å². The Morgan fingerprint density at radius 3 is 2.54 bits per heavy atom. The van der Waals surface area contributed by atoms with Crippen LogP contribution in [0.15, 0.2) is 42.5 Å². The third-order valence-corrected chi connectivity index (χ3v) is 4.60. The molecule has 2 aromatic carbocycles. The number of carbonyl (C=O) groups is 3. The molecule has 1 fully saturated rings. The molecule has 1 saturated heterocycles. The van der Waals surface area contributed by atoms with Gasteiger partial charge in [-0.1, -0.05) is 35.3 Å². The van der Waals surface area contributed by atoms with Gasteiger partial charge in [0.2, 0.25) is 11.7 Å². The maximum Gasteiger partial charge on any atom is 0.340 e. The Morgan fingerprint density at radius 2 is 1.85 bits per heavy atom. The Bertz CT molecular complexity index is 882. The summed E-state index contributed by atoms with van der Waals surface area (Å²) in [6, 6.07) is 11.2. The van der Waals surface area contributed by atoms with Gasteiger partial charge in [0.1, 0.15) is 0 Å². The molecule has 26 heavy (non-hydrogen) atoms. The number of hydrogen-bond donors (Lipinski definition) is 0. The van der Waals surface area contributed by atoms with E-state index in [2.05, 4.69) is 0 Å². The fourth-order valence-corrected chi connectivity index (χ4v) is 3.30. The SMILES string of the molecule is O=C(COC(=O)c1ccccc1N1CCCC1=O)c1ccc(Cl)cc1Cl. The number of carbonyl (C=O) groups excluding carboxylic acids is 3. The van der Waals surface area contributed by atoms with E-state index in [1.165, 1.54) is 18.2 Å². The van der Waals surface area contributed by atoms with E-state index in [0.29, 0.717) is 23.7 Å². The van der Waals surface area contributed by atoms with Gasteiger partial charge in [0, 0.05) is 23.6 Å². The van der Waals surface area contributed by atoms with Crippen molar-refractivity contribution in [2.24, 2.45) is 0 Å². The van der Waals surface area contributed by atoms with Crippen LogP contribution in [0.2, 0.25) is 10.0 Å². The molecule has 1 amide bonds. The van der Waals surface area contributed by atoms with Crippen LogP contribution in [0, 0.1) is 0 Å². The van der Waals surface area contributed by atoms with Gasteiger partial charge in [0.25, 0.3) is 0 Å². The van der Waals surface area contributed by atoms with Crippen molar-refractivity contribution in [3.63, 3.8) is 0 Å². The molecule has 5 nitrogen and oxygen atoms in total. The number of anilines is 1. The number of para-hydroxylation sites is 1. The van der Waals surface area contributed by atoms with Crippen LogP contribution in [0.4, 0.5) is 5.69 Å². The second-order valence-corrected chi connectivity index (χ2v) is 6.63. The van der Waals surface area contributed by atoms with Crippen molar-refractivity contribution in [3.8, 4) is 0 Å². The van der Waals surface area contributed by atoms with Gasteiger partial charge >= 0.3 is 5.97 Å². The van der Waals surface area contributed by atoms with Crippen LogP contribution in [-0.4, -0.2) is 30.8 Å². The van der Waals surface area contributed by atoms with Gasteiger partial charge < -0.3 is 9.64 Å². The van der Waals surface area contributed by atoms with Crippen LogP contribution in [0.1, 0.15) is 33.6 Å². The first kappa shape index (κ1) is 18.4. The van der Waals surface area contributed by atoms with Gasteiger partial charge in [0.05, 0.1) is 16.3 Å². The van der Waals surface area contributed by atoms with Crippen molar-refractivity contribution in [1.82, 2.24) is 0 Å². The summed E-state index contributed by atoms with van der Waals surface area (Å²) < 4.78 is 5.15. The summed E-state index contributed by atoms with van der Waals surface area (Å²) in [5.74, 6) is -1.14. The summed E-state index contributed by atoms with van der Waals surface area (Å²) in [4.78, 5) is 38.2. The Hall–Kier alpha value is -2.37. The summed E-state index contributed by atoms with van der Waals surface area (Å²) in [5, 5.41) is 0.606. The van der Waals surface area contributed by atoms with Crippen molar-refractivity contribution >= 4 is 46.5 Å². The van der Waals surface area contributed by atoms with E-state index in [0.717, 1.165) is 6.42 Å². The highest BCUT2D eigenvalue weighted by atomic mass is 35.5. The maximum absolute atomic E-state index is 12.4. The van der Waals surface area contributed by atoms with E-state index in [4.69, 9.17) is 27.9 Å². The molecule has 0 unspecified atom stereocenters. The van der Waals surface area contributed by atoms with Crippen LogP contribution in [0.5, 0.6) is 0 Å². The van der Waals surface area contributed by atoms with Crippen LogP contribution >= 0.6 is 23.2 Å². The molecule has 0 aromatic heterocycles. The lowest BCUT2D eigenvalue weighted by Gasteiger charge is -2.18. The lowest BCUT2D eigenvalue weighted by molar-refractivity contribution is -0.117. The number of esters is 1. The summed E-state index contributed by atoms with van der Waals surface area (Å²) in [5.41, 5.74) is 0.974. The fraction of sp³-hybridized carbons (Fsp3) is 0.211. The van der Waals surface area contributed by atoms with E-state index in [-0.39, 0.29) is 22.1 Å². The molecule has 1 aliphatic rings. The molecular formula is C19H15Cl2NO4. The highest BCUT2D eigenvalue weighted by molar-refractivity contribution is 6.36. The van der Waals surface area contributed by atoms with E-state index in [1.807, 2.05) is 0 Å². The largest absolute Gasteiger partial charge is 0.454 e. The molecule has 2 aromatic rings. The fourth-order valence-electron chi connectivity index (χ4n) is 2.79. The quantitative estimate of drug-likeness (QED) is 0.566. The van der Waals surface area contributed by atoms with Gasteiger partial charge in [-0.3, -0.25) is 9.59 Å². The Balaban J connectivity index is 1.73. The third kappa shape index (κ3) is 3.89.